The molecule has 0 aliphatic heterocycles. The average Bonchev–Trinajstić information content (AvgIpc) is 2.41. The van der Waals surface area contributed by atoms with Crippen molar-refractivity contribution in [1.82, 2.24) is 9.88 Å². The van der Waals surface area contributed by atoms with Gasteiger partial charge in [0.25, 0.3) is 11.5 Å². The van der Waals surface area contributed by atoms with Crippen LogP contribution in [0.5, 0.6) is 0 Å². The lowest BCUT2D eigenvalue weighted by Crippen LogP contribution is -2.45. The summed E-state index contributed by atoms with van der Waals surface area (Å²) in [5.41, 5.74) is 6.59. The van der Waals surface area contributed by atoms with Gasteiger partial charge in [0.1, 0.15) is 5.56 Å². The van der Waals surface area contributed by atoms with E-state index in [9.17, 15) is 9.59 Å². The quantitative estimate of drug-likeness (QED) is 0.877. The molecular formula is C15H23N3O2. The first kappa shape index (κ1) is 14.8. The highest BCUT2D eigenvalue weighted by Gasteiger charge is 2.28. The molecule has 110 valence electrons. The molecule has 0 saturated heterocycles. The van der Waals surface area contributed by atoms with E-state index in [4.69, 9.17) is 5.73 Å². The number of nitrogens with zero attached hydrogens (tertiary/aromatic N) is 1. The molecular weight excluding hydrogens is 254 g/mol. The van der Waals surface area contributed by atoms with E-state index in [-0.39, 0.29) is 29.1 Å². The predicted octanol–water partition coefficient (Wildman–Crippen LogP) is 1.42. The highest BCUT2D eigenvalue weighted by molar-refractivity contribution is 5.94. The summed E-state index contributed by atoms with van der Waals surface area (Å²) in [6.45, 7) is 4.37. The second-order valence-corrected chi connectivity index (χ2v) is 5.54. The van der Waals surface area contributed by atoms with E-state index in [0.717, 1.165) is 31.4 Å². The Balaban J connectivity index is 2.18. The lowest BCUT2D eigenvalue weighted by atomic mass is 9.90. The van der Waals surface area contributed by atoms with Crippen molar-refractivity contribution in [1.29, 1.82) is 0 Å². The van der Waals surface area contributed by atoms with Crippen molar-refractivity contribution in [2.45, 2.75) is 51.6 Å². The summed E-state index contributed by atoms with van der Waals surface area (Å²) < 4.78 is 0. The molecule has 1 fully saturated rings. The van der Waals surface area contributed by atoms with Crippen molar-refractivity contribution in [2.24, 2.45) is 5.73 Å². The third-order valence-electron chi connectivity index (χ3n) is 4.07. The number of nitrogens with one attached hydrogen (secondary N) is 1. The van der Waals surface area contributed by atoms with Crippen LogP contribution in [0.1, 0.15) is 48.7 Å². The van der Waals surface area contributed by atoms with Crippen molar-refractivity contribution < 1.29 is 4.79 Å². The van der Waals surface area contributed by atoms with E-state index >= 15 is 0 Å². The van der Waals surface area contributed by atoms with Crippen LogP contribution >= 0.6 is 0 Å². The van der Waals surface area contributed by atoms with Crippen LogP contribution in [-0.4, -0.2) is 34.4 Å². The zero-order chi connectivity index (χ0) is 14.7. The first-order valence-corrected chi connectivity index (χ1v) is 7.29. The number of aromatic amines is 1. The monoisotopic (exact) mass is 277 g/mol. The predicted molar refractivity (Wildman–Crippen MR) is 78.7 cm³/mol. The topological polar surface area (TPSA) is 79.2 Å². The number of carbonyl (C=O) groups excluding carboxylic acids is 1. The van der Waals surface area contributed by atoms with Gasteiger partial charge in [-0.25, -0.2) is 0 Å². The Morgan fingerprint density at radius 3 is 2.55 bits per heavy atom. The zero-order valence-electron chi connectivity index (χ0n) is 12.2. The molecule has 5 heteroatoms. The number of nitrogens with two attached hydrogens (primary N) is 1. The van der Waals surface area contributed by atoms with Crippen molar-refractivity contribution in [3.63, 3.8) is 0 Å². The smallest absolute Gasteiger partial charge is 0.260 e. The summed E-state index contributed by atoms with van der Waals surface area (Å²) >= 11 is 0. The number of H-pyrrole nitrogens is 1. The number of rotatable bonds is 3. The minimum absolute atomic E-state index is 0.172. The molecule has 1 aliphatic carbocycles. The van der Waals surface area contributed by atoms with E-state index in [1.165, 1.54) is 0 Å². The summed E-state index contributed by atoms with van der Waals surface area (Å²) in [6, 6.07) is 3.84. The Morgan fingerprint density at radius 1 is 1.35 bits per heavy atom. The fourth-order valence-corrected chi connectivity index (χ4v) is 2.88. The third kappa shape index (κ3) is 3.10. The summed E-state index contributed by atoms with van der Waals surface area (Å²) in [5.74, 6) is -0.172. The molecule has 1 aromatic heterocycles. The highest BCUT2D eigenvalue weighted by Crippen LogP contribution is 2.23. The molecule has 20 heavy (non-hydrogen) atoms. The van der Waals surface area contributed by atoms with Gasteiger partial charge >= 0.3 is 0 Å². The molecule has 0 radical (unpaired) electrons. The lowest BCUT2D eigenvalue weighted by molar-refractivity contribution is 0.0639. The maximum atomic E-state index is 12.6. The molecule has 1 heterocycles. The molecule has 2 rings (SSSR count). The zero-order valence-corrected chi connectivity index (χ0v) is 12.2. The summed E-state index contributed by atoms with van der Waals surface area (Å²) in [4.78, 5) is 29.0. The maximum Gasteiger partial charge on any atom is 0.260 e. The number of aromatic nitrogens is 1. The molecule has 5 nitrogen and oxygen atoms in total. The van der Waals surface area contributed by atoms with Gasteiger partial charge in [-0.3, -0.25) is 9.59 Å². The Bertz CT molecular complexity index is 530. The SMILES string of the molecule is CCN(C(=O)c1ccc(C)[nH]c1=O)C1CCC(N)CC1. The van der Waals surface area contributed by atoms with E-state index in [2.05, 4.69) is 4.98 Å². The average molecular weight is 277 g/mol. The molecule has 1 saturated carbocycles. The van der Waals surface area contributed by atoms with Gasteiger partial charge in [0, 0.05) is 24.3 Å². The second kappa shape index (κ2) is 6.22. The van der Waals surface area contributed by atoms with Gasteiger partial charge in [-0.05, 0) is 51.7 Å². The first-order chi connectivity index (χ1) is 9.52. The molecule has 0 unspecified atom stereocenters. The minimum atomic E-state index is -0.305. The molecule has 1 amide bonds. The van der Waals surface area contributed by atoms with Crippen LogP contribution in [0.3, 0.4) is 0 Å². The molecule has 1 aliphatic rings. The Labute approximate surface area is 119 Å². The van der Waals surface area contributed by atoms with Crippen molar-refractivity contribution in [3.05, 3.63) is 33.7 Å². The summed E-state index contributed by atoms with van der Waals surface area (Å²) in [6.07, 6.45) is 3.73. The van der Waals surface area contributed by atoms with Crippen LogP contribution in [0, 0.1) is 6.92 Å². The number of amides is 1. The third-order valence-corrected chi connectivity index (χ3v) is 4.07. The van der Waals surface area contributed by atoms with Crippen LogP contribution in [0.25, 0.3) is 0 Å². The van der Waals surface area contributed by atoms with Crippen molar-refractivity contribution >= 4 is 5.91 Å². The molecule has 0 bridgehead atoms. The number of aryl methyl sites for hydroxylation is 1. The fourth-order valence-electron chi connectivity index (χ4n) is 2.88. The standard InChI is InChI=1S/C15H23N3O2/c1-3-18(12-7-5-11(16)6-8-12)15(20)13-9-4-10(2)17-14(13)19/h4,9,11-12H,3,5-8,16H2,1-2H3,(H,17,19). The normalized spacial score (nSPS) is 22.6. The summed E-state index contributed by atoms with van der Waals surface area (Å²) in [7, 11) is 0. The first-order valence-electron chi connectivity index (χ1n) is 7.29. The van der Waals surface area contributed by atoms with Crippen LogP contribution in [-0.2, 0) is 0 Å². The minimum Gasteiger partial charge on any atom is -0.336 e. The van der Waals surface area contributed by atoms with E-state index < -0.39 is 0 Å². The molecule has 3 N–H and O–H groups in total. The van der Waals surface area contributed by atoms with Crippen molar-refractivity contribution in [3.8, 4) is 0 Å². The van der Waals surface area contributed by atoms with Gasteiger partial charge in [-0.1, -0.05) is 0 Å². The van der Waals surface area contributed by atoms with Crippen LogP contribution in [0.4, 0.5) is 0 Å². The lowest BCUT2D eigenvalue weighted by Gasteiger charge is -2.35. The Kier molecular flexibility index (Phi) is 4.60. The molecule has 0 spiro atoms. The van der Waals surface area contributed by atoms with E-state index in [1.807, 2.05) is 11.8 Å². The maximum absolute atomic E-state index is 12.6. The number of hydrogen-bond acceptors (Lipinski definition) is 3. The van der Waals surface area contributed by atoms with E-state index in [1.54, 1.807) is 19.1 Å². The van der Waals surface area contributed by atoms with Crippen LogP contribution < -0.4 is 11.3 Å². The largest absolute Gasteiger partial charge is 0.336 e. The van der Waals surface area contributed by atoms with Crippen molar-refractivity contribution in [2.75, 3.05) is 6.54 Å². The summed E-state index contributed by atoms with van der Waals surface area (Å²) in [5, 5.41) is 0. The molecule has 1 aromatic rings. The Hall–Kier alpha value is -1.62. The van der Waals surface area contributed by atoms with Gasteiger partial charge in [0.05, 0.1) is 0 Å². The number of pyridine rings is 1. The Morgan fingerprint density at radius 2 is 2.00 bits per heavy atom. The van der Waals surface area contributed by atoms with E-state index in [0.29, 0.717) is 6.54 Å². The van der Waals surface area contributed by atoms with Gasteiger partial charge in [0.2, 0.25) is 0 Å². The van der Waals surface area contributed by atoms with Gasteiger partial charge < -0.3 is 15.6 Å². The highest BCUT2D eigenvalue weighted by atomic mass is 16.2. The van der Waals surface area contributed by atoms with Gasteiger partial charge in [0.15, 0.2) is 0 Å². The molecule has 0 atom stereocenters. The molecule has 0 aromatic carbocycles. The fraction of sp³-hybridized carbons (Fsp3) is 0.600. The number of carbonyl (C=O) groups is 1. The van der Waals surface area contributed by atoms with Crippen LogP contribution in [0.15, 0.2) is 16.9 Å². The van der Waals surface area contributed by atoms with Gasteiger partial charge in [-0.15, -0.1) is 0 Å². The second-order valence-electron chi connectivity index (χ2n) is 5.54. The van der Waals surface area contributed by atoms with Gasteiger partial charge in [-0.2, -0.15) is 0 Å². The van der Waals surface area contributed by atoms with Crippen LogP contribution in [0.2, 0.25) is 0 Å². The number of hydrogen-bond donors (Lipinski definition) is 2.